The third kappa shape index (κ3) is 2.74. The Labute approximate surface area is 104 Å². The molecule has 2 heterocycles. The first-order chi connectivity index (χ1) is 7.99. The molecule has 0 saturated carbocycles. The van der Waals surface area contributed by atoms with Crippen LogP contribution in [0.4, 0.5) is 0 Å². The molecule has 2 aromatic rings. The van der Waals surface area contributed by atoms with Gasteiger partial charge in [-0.3, -0.25) is 0 Å². The van der Waals surface area contributed by atoms with Gasteiger partial charge in [-0.25, -0.2) is 18.1 Å². The molecule has 0 unspecified atom stereocenters. The number of H-pyrrole nitrogens is 1. The highest BCUT2D eigenvalue weighted by atomic mass is 32.2. The Kier molecular flexibility index (Phi) is 3.32. The van der Waals surface area contributed by atoms with Crippen LogP contribution in [0.15, 0.2) is 22.0 Å². The molecule has 0 aliphatic carbocycles. The molecule has 0 aliphatic heterocycles. The first-order valence-corrected chi connectivity index (χ1v) is 7.44. The van der Waals surface area contributed by atoms with E-state index in [0.29, 0.717) is 12.4 Å². The van der Waals surface area contributed by atoms with E-state index in [1.807, 2.05) is 17.7 Å². The summed E-state index contributed by atoms with van der Waals surface area (Å²) in [5.74, 6) is 0.581. The molecular formula is C10H13N3O2S2. The molecule has 0 bridgehead atoms. The van der Waals surface area contributed by atoms with Gasteiger partial charge in [0.25, 0.3) is 10.0 Å². The SMILES string of the molecule is Cc1ncc(S(=O)(=O)NCc2cscc2C)[nH]1. The minimum Gasteiger partial charge on any atom is -0.332 e. The van der Waals surface area contributed by atoms with Crippen LogP contribution in [0.25, 0.3) is 0 Å². The summed E-state index contributed by atoms with van der Waals surface area (Å²) >= 11 is 1.56. The molecule has 0 atom stereocenters. The van der Waals surface area contributed by atoms with Crippen molar-refractivity contribution in [2.45, 2.75) is 25.4 Å². The van der Waals surface area contributed by atoms with Gasteiger partial charge in [0.05, 0.1) is 6.20 Å². The second-order valence-electron chi connectivity index (χ2n) is 3.74. The fourth-order valence-electron chi connectivity index (χ4n) is 1.35. The summed E-state index contributed by atoms with van der Waals surface area (Å²) in [6, 6.07) is 0. The number of thiophene rings is 1. The number of aromatic nitrogens is 2. The predicted molar refractivity (Wildman–Crippen MR) is 66.4 cm³/mol. The molecule has 92 valence electrons. The number of sulfonamides is 1. The van der Waals surface area contributed by atoms with Crippen LogP contribution in [-0.4, -0.2) is 18.4 Å². The number of hydrogen-bond donors (Lipinski definition) is 2. The Morgan fingerprint density at radius 1 is 1.41 bits per heavy atom. The zero-order valence-corrected chi connectivity index (χ0v) is 11.2. The molecule has 2 aromatic heterocycles. The van der Waals surface area contributed by atoms with Crippen molar-refractivity contribution in [2.24, 2.45) is 0 Å². The van der Waals surface area contributed by atoms with Crippen LogP contribution in [0.1, 0.15) is 17.0 Å². The lowest BCUT2D eigenvalue weighted by atomic mass is 10.2. The van der Waals surface area contributed by atoms with Crippen molar-refractivity contribution >= 4 is 21.4 Å². The minimum atomic E-state index is -3.50. The highest BCUT2D eigenvalue weighted by Crippen LogP contribution is 2.14. The first kappa shape index (κ1) is 12.3. The molecule has 7 heteroatoms. The molecule has 17 heavy (non-hydrogen) atoms. The number of nitrogens with one attached hydrogen (secondary N) is 2. The van der Waals surface area contributed by atoms with E-state index in [0.717, 1.165) is 11.1 Å². The second-order valence-corrected chi connectivity index (χ2v) is 6.22. The third-order valence-corrected chi connectivity index (χ3v) is 4.60. The molecule has 2 rings (SSSR count). The van der Waals surface area contributed by atoms with E-state index >= 15 is 0 Å². The second kappa shape index (κ2) is 4.59. The number of rotatable bonds is 4. The number of aromatic amines is 1. The van der Waals surface area contributed by atoms with Gasteiger partial charge in [-0.2, -0.15) is 11.3 Å². The topological polar surface area (TPSA) is 74.8 Å². The van der Waals surface area contributed by atoms with Crippen LogP contribution in [0.5, 0.6) is 0 Å². The average molecular weight is 271 g/mol. The van der Waals surface area contributed by atoms with Crippen molar-refractivity contribution in [3.63, 3.8) is 0 Å². The van der Waals surface area contributed by atoms with Crippen molar-refractivity contribution in [1.29, 1.82) is 0 Å². The molecule has 0 aliphatic rings. The summed E-state index contributed by atoms with van der Waals surface area (Å²) < 4.78 is 26.3. The summed E-state index contributed by atoms with van der Waals surface area (Å²) in [5.41, 5.74) is 2.09. The van der Waals surface area contributed by atoms with Gasteiger partial charge in [-0.15, -0.1) is 0 Å². The van der Waals surface area contributed by atoms with E-state index < -0.39 is 10.0 Å². The van der Waals surface area contributed by atoms with Gasteiger partial charge in [0.1, 0.15) is 5.82 Å². The van der Waals surface area contributed by atoms with Crippen LogP contribution in [-0.2, 0) is 16.6 Å². The van der Waals surface area contributed by atoms with E-state index in [4.69, 9.17) is 0 Å². The maximum absolute atomic E-state index is 11.9. The van der Waals surface area contributed by atoms with Gasteiger partial charge >= 0.3 is 0 Å². The van der Waals surface area contributed by atoms with Gasteiger partial charge in [0.15, 0.2) is 5.03 Å². The lowest BCUT2D eigenvalue weighted by Gasteiger charge is -2.04. The lowest BCUT2D eigenvalue weighted by Crippen LogP contribution is -2.23. The number of imidazole rings is 1. The van der Waals surface area contributed by atoms with Crippen molar-refractivity contribution in [2.75, 3.05) is 0 Å². The normalized spacial score (nSPS) is 11.9. The summed E-state index contributed by atoms with van der Waals surface area (Å²) in [5, 5.41) is 4.03. The molecular weight excluding hydrogens is 258 g/mol. The fourth-order valence-corrected chi connectivity index (χ4v) is 3.18. The van der Waals surface area contributed by atoms with Gasteiger partial charge in [-0.05, 0) is 35.7 Å². The monoisotopic (exact) mass is 271 g/mol. The smallest absolute Gasteiger partial charge is 0.257 e. The summed E-state index contributed by atoms with van der Waals surface area (Å²) in [7, 11) is -3.50. The highest BCUT2D eigenvalue weighted by Gasteiger charge is 2.16. The van der Waals surface area contributed by atoms with E-state index in [1.54, 1.807) is 18.3 Å². The molecule has 2 N–H and O–H groups in total. The van der Waals surface area contributed by atoms with Gasteiger partial charge in [0.2, 0.25) is 0 Å². The van der Waals surface area contributed by atoms with E-state index in [9.17, 15) is 8.42 Å². The van der Waals surface area contributed by atoms with E-state index in [2.05, 4.69) is 14.7 Å². The van der Waals surface area contributed by atoms with Crippen LogP contribution < -0.4 is 4.72 Å². The Hall–Kier alpha value is -1.18. The average Bonchev–Trinajstić information content (AvgIpc) is 2.85. The maximum atomic E-state index is 11.9. The molecule has 5 nitrogen and oxygen atoms in total. The Morgan fingerprint density at radius 3 is 2.71 bits per heavy atom. The third-order valence-electron chi connectivity index (χ3n) is 2.38. The molecule has 0 spiro atoms. The van der Waals surface area contributed by atoms with E-state index in [-0.39, 0.29) is 5.03 Å². The number of aryl methyl sites for hydroxylation is 2. The van der Waals surface area contributed by atoms with Gasteiger partial charge in [-0.1, -0.05) is 0 Å². The minimum absolute atomic E-state index is 0.0999. The Balaban J connectivity index is 2.11. The summed E-state index contributed by atoms with van der Waals surface area (Å²) in [4.78, 5) is 6.57. The summed E-state index contributed by atoms with van der Waals surface area (Å²) in [6.45, 7) is 3.97. The van der Waals surface area contributed by atoms with Crippen LogP contribution in [0.3, 0.4) is 0 Å². The molecule has 0 amide bonds. The Bertz CT molecular complexity index is 613. The molecule has 0 radical (unpaired) electrons. The van der Waals surface area contributed by atoms with Gasteiger partial charge in [0, 0.05) is 6.54 Å². The van der Waals surface area contributed by atoms with Crippen LogP contribution in [0, 0.1) is 13.8 Å². The van der Waals surface area contributed by atoms with Crippen molar-refractivity contribution in [3.8, 4) is 0 Å². The molecule has 0 aromatic carbocycles. The predicted octanol–water partition coefficient (Wildman–Crippen LogP) is 1.57. The highest BCUT2D eigenvalue weighted by molar-refractivity contribution is 7.89. The molecule has 0 fully saturated rings. The molecule has 0 saturated heterocycles. The zero-order valence-electron chi connectivity index (χ0n) is 9.52. The Morgan fingerprint density at radius 2 is 2.18 bits per heavy atom. The van der Waals surface area contributed by atoms with Crippen LogP contribution in [0.2, 0.25) is 0 Å². The van der Waals surface area contributed by atoms with Crippen molar-refractivity contribution in [1.82, 2.24) is 14.7 Å². The maximum Gasteiger partial charge on any atom is 0.257 e. The largest absolute Gasteiger partial charge is 0.332 e. The standard InChI is InChI=1S/C10H13N3O2S2/c1-7-5-16-6-9(7)3-12-17(14,15)10-4-11-8(2)13-10/h4-6,12H,3H2,1-2H3,(H,11,13). The van der Waals surface area contributed by atoms with Crippen molar-refractivity contribution in [3.05, 3.63) is 33.9 Å². The van der Waals surface area contributed by atoms with Crippen LogP contribution >= 0.6 is 11.3 Å². The summed E-state index contributed by atoms with van der Waals surface area (Å²) in [6.07, 6.45) is 1.32. The zero-order chi connectivity index (χ0) is 12.5. The lowest BCUT2D eigenvalue weighted by molar-refractivity contribution is 0.578. The quantitative estimate of drug-likeness (QED) is 0.886. The number of hydrogen-bond acceptors (Lipinski definition) is 4. The first-order valence-electron chi connectivity index (χ1n) is 5.02. The van der Waals surface area contributed by atoms with Gasteiger partial charge < -0.3 is 4.98 Å². The fraction of sp³-hybridized carbons (Fsp3) is 0.300. The number of nitrogens with zero attached hydrogens (tertiary/aromatic N) is 1. The van der Waals surface area contributed by atoms with E-state index in [1.165, 1.54) is 6.20 Å². The van der Waals surface area contributed by atoms with Crippen molar-refractivity contribution < 1.29 is 8.42 Å².